The zero-order valence-electron chi connectivity index (χ0n) is 11.9. The van der Waals surface area contributed by atoms with Crippen molar-refractivity contribution in [1.82, 2.24) is 14.9 Å². The van der Waals surface area contributed by atoms with Gasteiger partial charge in [0.25, 0.3) is 0 Å². The second kappa shape index (κ2) is 6.62. The smallest absolute Gasteiger partial charge is 0.313 e. The molecule has 6 nitrogen and oxygen atoms in total. The molecule has 1 amide bonds. The third-order valence-electron chi connectivity index (χ3n) is 2.87. The van der Waals surface area contributed by atoms with Crippen molar-refractivity contribution in [2.24, 2.45) is 0 Å². The van der Waals surface area contributed by atoms with Crippen molar-refractivity contribution in [3.8, 4) is 0 Å². The molecule has 0 saturated heterocycles. The van der Waals surface area contributed by atoms with Crippen LogP contribution in [0, 0.1) is 6.92 Å². The largest absolute Gasteiger partial charge is 0.481 e. The molecular weight excluding hydrogens is 290 g/mol. The Morgan fingerprint density at radius 3 is 2.86 bits per heavy atom. The van der Waals surface area contributed by atoms with Crippen LogP contribution in [0.25, 0.3) is 11.0 Å². The fourth-order valence-corrected chi connectivity index (χ4v) is 2.74. The molecule has 2 N–H and O–H groups in total. The Labute approximate surface area is 126 Å². The molecule has 1 aromatic heterocycles. The molecule has 7 heteroatoms. The van der Waals surface area contributed by atoms with Gasteiger partial charge < -0.3 is 15.0 Å². The van der Waals surface area contributed by atoms with Crippen LogP contribution in [0.15, 0.2) is 23.4 Å². The lowest BCUT2D eigenvalue weighted by Crippen LogP contribution is -2.27. The van der Waals surface area contributed by atoms with Crippen LogP contribution in [-0.4, -0.2) is 38.8 Å². The maximum atomic E-state index is 11.8. The standard InChI is InChI=1S/C14H17N3O3S/c1-3-15-12(18)7-17-11-5-4-9(2)6-10(11)16-14(17)21-8-13(19)20/h4-6H,3,7-8H2,1-2H3,(H,15,18)(H,19,20). The van der Waals surface area contributed by atoms with E-state index < -0.39 is 5.97 Å². The number of carboxylic acid groups (broad SMARTS) is 1. The van der Waals surface area contributed by atoms with E-state index in [2.05, 4.69) is 10.3 Å². The first kappa shape index (κ1) is 15.4. The summed E-state index contributed by atoms with van der Waals surface area (Å²) in [6.45, 7) is 4.51. The van der Waals surface area contributed by atoms with Crippen LogP contribution in [0.2, 0.25) is 0 Å². The van der Waals surface area contributed by atoms with Gasteiger partial charge in [-0.3, -0.25) is 9.59 Å². The second-order valence-electron chi connectivity index (χ2n) is 4.61. The van der Waals surface area contributed by atoms with Crippen LogP contribution < -0.4 is 5.32 Å². The molecular formula is C14H17N3O3S. The zero-order valence-corrected chi connectivity index (χ0v) is 12.7. The van der Waals surface area contributed by atoms with E-state index in [1.165, 1.54) is 0 Å². The minimum atomic E-state index is -0.909. The number of nitrogens with one attached hydrogen (secondary N) is 1. The van der Waals surface area contributed by atoms with Crippen molar-refractivity contribution in [3.63, 3.8) is 0 Å². The van der Waals surface area contributed by atoms with E-state index >= 15 is 0 Å². The predicted octanol–water partition coefficient (Wildman–Crippen LogP) is 1.66. The summed E-state index contributed by atoms with van der Waals surface area (Å²) in [6.07, 6.45) is 0. The molecule has 2 rings (SSSR count). The van der Waals surface area contributed by atoms with Crippen molar-refractivity contribution in [1.29, 1.82) is 0 Å². The molecule has 1 heterocycles. The first-order valence-corrected chi connectivity index (χ1v) is 7.58. The highest BCUT2D eigenvalue weighted by molar-refractivity contribution is 7.99. The Morgan fingerprint density at radius 1 is 1.43 bits per heavy atom. The van der Waals surface area contributed by atoms with Gasteiger partial charge >= 0.3 is 5.97 Å². The summed E-state index contributed by atoms with van der Waals surface area (Å²) in [4.78, 5) is 27.0. The lowest BCUT2D eigenvalue weighted by molar-refractivity contribution is -0.133. The SMILES string of the molecule is CCNC(=O)Cn1c(SCC(=O)O)nc2cc(C)ccc21. The van der Waals surface area contributed by atoms with E-state index in [-0.39, 0.29) is 18.2 Å². The average Bonchev–Trinajstić information content (AvgIpc) is 2.74. The summed E-state index contributed by atoms with van der Waals surface area (Å²) in [5.41, 5.74) is 2.67. The van der Waals surface area contributed by atoms with Gasteiger partial charge in [0.2, 0.25) is 5.91 Å². The molecule has 0 aliphatic heterocycles. The molecule has 2 aromatic rings. The molecule has 0 bridgehead atoms. The quantitative estimate of drug-likeness (QED) is 0.793. The van der Waals surface area contributed by atoms with Crippen LogP contribution >= 0.6 is 11.8 Å². The fraction of sp³-hybridized carbons (Fsp3) is 0.357. The van der Waals surface area contributed by atoms with Crippen molar-refractivity contribution in [3.05, 3.63) is 23.8 Å². The third-order valence-corrected chi connectivity index (χ3v) is 3.83. The number of carbonyl (C=O) groups excluding carboxylic acids is 1. The summed E-state index contributed by atoms with van der Waals surface area (Å²) in [5.74, 6) is -1.11. The normalized spacial score (nSPS) is 10.8. The van der Waals surface area contributed by atoms with Gasteiger partial charge in [-0.2, -0.15) is 0 Å². The topological polar surface area (TPSA) is 84.2 Å². The van der Waals surface area contributed by atoms with Crippen molar-refractivity contribution >= 4 is 34.7 Å². The van der Waals surface area contributed by atoms with Gasteiger partial charge in [-0.05, 0) is 31.5 Å². The number of aromatic nitrogens is 2. The van der Waals surface area contributed by atoms with Gasteiger partial charge in [0.05, 0.1) is 16.8 Å². The van der Waals surface area contributed by atoms with Gasteiger partial charge in [0, 0.05) is 6.54 Å². The number of carboxylic acids is 1. The zero-order chi connectivity index (χ0) is 15.4. The number of amides is 1. The highest BCUT2D eigenvalue weighted by atomic mass is 32.2. The molecule has 0 unspecified atom stereocenters. The van der Waals surface area contributed by atoms with Crippen LogP contribution in [0.5, 0.6) is 0 Å². The first-order chi connectivity index (χ1) is 10.0. The van der Waals surface area contributed by atoms with Gasteiger partial charge in [-0.15, -0.1) is 0 Å². The molecule has 0 radical (unpaired) electrons. The number of hydrogen-bond donors (Lipinski definition) is 2. The number of carbonyl (C=O) groups is 2. The van der Waals surface area contributed by atoms with E-state index in [1.54, 1.807) is 4.57 Å². The molecule has 0 fully saturated rings. The molecule has 0 aliphatic carbocycles. The molecule has 21 heavy (non-hydrogen) atoms. The highest BCUT2D eigenvalue weighted by Crippen LogP contribution is 2.24. The third kappa shape index (κ3) is 3.75. The predicted molar refractivity (Wildman–Crippen MR) is 81.5 cm³/mol. The summed E-state index contributed by atoms with van der Waals surface area (Å²) in [5, 5.41) is 12.1. The highest BCUT2D eigenvalue weighted by Gasteiger charge is 2.15. The van der Waals surface area contributed by atoms with E-state index in [1.807, 2.05) is 32.0 Å². The molecule has 0 aliphatic rings. The van der Waals surface area contributed by atoms with Crippen LogP contribution in [0.4, 0.5) is 0 Å². The Balaban J connectivity index is 2.39. The van der Waals surface area contributed by atoms with Crippen LogP contribution in [0.1, 0.15) is 12.5 Å². The van der Waals surface area contributed by atoms with Gasteiger partial charge in [0.15, 0.2) is 5.16 Å². The number of imidazole rings is 1. The van der Waals surface area contributed by atoms with E-state index in [4.69, 9.17) is 5.11 Å². The van der Waals surface area contributed by atoms with Gasteiger partial charge in [-0.1, -0.05) is 17.8 Å². The lowest BCUT2D eigenvalue weighted by atomic mass is 10.2. The van der Waals surface area contributed by atoms with Crippen molar-refractivity contribution < 1.29 is 14.7 Å². The Kier molecular flexibility index (Phi) is 4.85. The number of nitrogens with zero attached hydrogens (tertiary/aromatic N) is 2. The van der Waals surface area contributed by atoms with Crippen molar-refractivity contribution in [2.45, 2.75) is 25.5 Å². The number of benzene rings is 1. The molecule has 0 saturated carbocycles. The van der Waals surface area contributed by atoms with Gasteiger partial charge in [0.1, 0.15) is 6.54 Å². The molecule has 0 spiro atoms. The van der Waals surface area contributed by atoms with E-state index in [0.29, 0.717) is 11.7 Å². The monoisotopic (exact) mass is 307 g/mol. The summed E-state index contributed by atoms with van der Waals surface area (Å²) >= 11 is 1.12. The number of aliphatic carboxylic acids is 1. The first-order valence-electron chi connectivity index (χ1n) is 6.59. The minimum Gasteiger partial charge on any atom is -0.481 e. The lowest BCUT2D eigenvalue weighted by Gasteiger charge is -2.08. The van der Waals surface area contributed by atoms with Gasteiger partial charge in [-0.25, -0.2) is 4.98 Å². The number of likely N-dealkylation sites (N-methyl/N-ethyl adjacent to an activating group) is 1. The minimum absolute atomic E-state index is 0.0856. The summed E-state index contributed by atoms with van der Waals surface area (Å²) in [6, 6.07) is 5.78. The summed E-state index contributed by atoms with van der Waals surface area (Å²) < 4.78 is 1.76. The molecule has 1 aromatic carbocycles. The Bertz CT molecular complexity index is 681. The number of hydrogen-bond acceptors (Lipinski definition) is 4. The number of thioether (sulfide) groups is 1. The summed E-state index contributed by atoms with van der Waals surface area (Å²) in [7, 11) is 0. The van der Waals surface area contributed by atoms with E-state index in [9.17, 15) is 9.59 Å². The Morgan fingerprint density at radius 2 is 2.19 bits per heavy atom. The Hall–Kier alpha value is -2.02. The second-order valence-corrected chi connectivity index (χ2v) is 5.55. The van der Waals surface area contributed by atoms with Crippen LogP contribution in [-0.2, 0) is 16.1 Å². The fourth-order valence-electron chi connectivity index (χ4n) is 2.00. The number of aryl methyl sites for hydroxylation is 1. The van der Waals surface area contributed by atoms with E-state index in [0.717, 1.165) is 28.4 Å². The maximum Gasteiger partial charge on any atom is 0.313 e. The average molecular weight is 307 g/mol. The maximum absolute atomic E-state index is 11.8. The molecule has 112 valence electrons. The van der Waals surface area contributed by atoms with Crippen molar-refractivity contribution in [2.75, 3.05) is 12.3 Å². The molecule has 0 atom stereocenters. The number of rotatable bonds is 6. The van der Waals surface area contributed by atoms with Crippen LogP contribution in [0.3, 0.4) is 0 Å². The number of fused-ring (bicyclic) bond motifs is 1.